The van der Waals surface area contributed by atoms with E-state index in [9.17, 15) is 21.6 Å². The monoisotopic (exact) mass is 584 g/mol. The number of aromatic nitrogens is 2. The Morgan fingerprint density at radius 1 is 1.16 bits per heavy atom. The Morgan fingerprint density at radius 3 is 2.46 bits per heavy atom. The van der Waals surface area contributed by atoms with Crippen molar-refractivity contribution in [2.24, 2.45) is 0 Å². The van der Waals surface area contributed by atoms with E-state index in [-0.39, 0.29) is 49.1 Å². The SMILES string of the molecule is CCn1ncc(C(=O)c2cc(C)c3c(c2C)C(C)(C)CCS3(=O)=O)c1OS(=O)(=O)c1ccc(Cl)cc1Cl. The number of aryl methyl sites for hydroxylation is 2. The highest BCUT2D eigenvalue weighted by molar-refractivity contribution is 7.91. The maximum atomic E-state index is 13.8. The molecule has 4 rings (SSSR count). The van der Waals surface area contributed by atoms with E-state index in [0.29, 0.717) is 23.1 Å². The molecule has 0 fully saturated rings. The fraction of sp³-hybridized carbons (Fsp3) is 0.360. The zero-order valence-corrected chi connectivity index (χ0v) is 24.1. The summed E-state index contributed by atoms with van der Waals surface area (Å²) in [5, 5.41) is 4.26. The number of nitrogens with zero attached hydrogens (tertiary/aromatic N) is 2. The molecule has 37 heavy (non-hydrogen) atoms. The number of benzene rings is 2. The van der Waals surface area contributed by atoms with E-state index in [1.807, 2.05) is 13.8 Å². The van der Waals surface area contributed by atoms with Gasteiger partial charge >= 0.3 is 10.1 Å². The van der Waals surface area contributed by atoms with Gasteiger partial charge in [-0.05, 0) is 73.6 Å². The largest absolute Gasteiger partial charge is 0.358 e. The van der Waals surface area contributed by atoms with Gasteiger partial charge in [-0.2, -0.15) is 13.5 Å². The van der Waals surface area contributed by atoms with Gasteiger partial charge in [0, 0.05) is 17.1 Å². The van der Waals surface area contributed by atoms with E-state index < -0.39 is 31.2 Å². The van der Waals surface area contributed by atoms with Gasteiger partial charge in [-0.25, -0.2) is 13.1 Å². The van der Waals surface area contributed by atoms with Crippen molar-refractivity contribution >= 4 is 48.9 Å². The first-order valence-corrected chi connectivity index (χ1v) is 15.3. The first-order chi connectivity index (χ1) is 17.1. The molecule has 0 radical (unpaired) electrons. The molecular weight excluding hydrogens is 559 g/mol. The molecule has 0 bridgehead atoms. The van der Waals surface area contributed by atoms with Crippen molar-refractivity contribution in [1.82, 2.24) is 9.78 Å². The fourth-order valence-corrected chi connectivity index (χ4v) is 8.75. The van der Waals surface area contributed by atoms with Crippen LogP contribution >= 0.6 is 23.2 Å². The highest BCUT2D eigenvalue weighted by Gasteiger charge is 2.40. The summed E-state index contributed by atoms with van der Waals surface area (Å²) in [6.07, 6.45) is 1.67. The van der Waals surface area contributed by atoms with Crippen molar-refractivity contribution in [3.63, 3.8) is 0 Å². The highest BCUT2D eigenvalue weighted by atomic mass is 35.5. The molecule has 0 unspecified atom stereocenters. The van der Waals surface area contributed by atoms with Crippen LogP contribution in [0.4, 0.5) is 0 Å². The molecule has 1 aliphatic rings. The van der Waals surface area contributed by atoms with Gasteiger partial charge in [0.2, 0.25) is 5.88 Å². The van der Waals surface area contributed by atoms with Crippen molar-refractivity contribution in [3.05, 3.63) is 68.3 Å². The predicted octanol–water partition coefficient (Wildman–Crippen LogP) is 5.28. The number of carbonyl (C=O) groups is 1. The summed E-state index contributed by atoms with van der Waals surface area (Å²) in [7, 11) is -7.95. The minimum absolute atomic E-state index is 0.0347. The van der Waals surface area contributed by atoms with E-state index in [1.165, 1.54) is 35.1 Å². The van der Waals surface area contributed by atoms with Crippen molar-refractivity contribution in [3.8, 4) is 5.88 Å². The molecule has 0 saturated carbocycles. The van der Waals surface area contributed by atoms with Crippen molar-refractivity contribution < 1.29 is 25.8 Å². The number of sulfone groups is 1. The first kappa shape index (κ1) is 27.6. The Morgan fingerprint density at radius 2 is 1.84 bits per heavy atom. The van der Waals surface area contributed by atoms with E-state index >= 15 is 0 Å². The average Bonchev–Trinajstić information content (AvgIpc) is 3.19. The molecule has 12 heteroatoms. The van der Waals surface area contributed by atoms with Gasteiger partial charge in [-0.3, -0.25) is 4.79 Å². The van der Waals surface area contributed by atoms with Crippen LogP contribution in [0.5, 0.6) is 5.88 Å². The van der Waals surface area contributed by atoms with Gasteiger partial charge in [0.25, 0.3) is 0 Å². The third-order valence-electron chi connectivity index (χ3n) is 6.64. The molecule has 0 aliphatic carbocycles. The predicted molar refractivity (Wildman–Crippen MR) is 141 cm³/mol. The van der Waals surface area contributed by atoms with Gasteiger partial charge in [0.1, 0.15) is 10.5 Å². The third kappa shape index (κ3) is 4.80. The van der Waals surface area contributed by atoms with Gasteiger partial charge in [0.05, 0.1) is 21.9 Å². The van der Waals surface area contributed by atoms with Crippen LogP contribution in [0.1, 0.15) is 59.8 Å². The summed E-state index contributed by atoms with van der Waals surface area (Å²) >= 11 is 12.0. The number of hydrogen-bond donors (Lipinski definition) is 0. The lowest BCUT2D eigenvalue weighted by atomic mass is 9.77. The van der Waals surface area contributed by atoms with Crippen LogP contribution < -0.4 is 4.18 Å². The lowest BCUT2D eigenvalue weighted by molar-refractivity contribution is 0.103. The summed E-state index contributed by atoms with van der Waals surface area (Å²) in [5.74, 6) is -0.762. The number of carbonyl (C=O) groups excluding carboxylic acids is 1. The Labute approximate surface area is 226 Å². The zero-order chi connectivity index (χ0) is 27.5. The smallest absolute Gasteiger partial charge is 0.342 e. The van der Waals surface area contributed by atoms with E-state index in [2.05, 4.69) is 5.10 Å². The summed E-state index contributed by atoms with van der Waals surface area (Å²) in [6, 6.07) is 5.39. The van der Waals surface area contributed by atoms with Crippen molar-refractivity contribution in [2.75, 3.05) is 5.75 Å². The molecule has 0 spiro atoms. The van der Waals surface area contributed by atoms with Crippen LogP contribution in [-0.4, -0.2) is 38.2 Å². The number of ketones is 1. The fourth-order valence-electron chi connectivity index (χ4n) is 4.78. The van der Waals surface area contributed by atoms with Crippen molar-refractivity contribution in [2.45, 2.75) is 62.8 Å². The molecular formula is C25H26Cl2N2O6S2. The van der Waals surface area contributed by atoms with Gasteiger partial charge < -0.3 is 4.18 Å². The quantitative estimate of drug-likeness (QED) is 0.286. The minimum Gasteiger partial charge on any atom is -0.358 e. The average molecular weight is 586 g/mol. The lowest BCUT2D eigenvalue weighted by Gasteiger charge is -2.35. The molecule has 1 aromatic heterocycles. The van der Waals surface area contributed by atoms with E-state index in [4.69, 9.17) is 27.4 Å². The summed E-state index contributed by atoms with van der Waals surface area (Å²) in [5.41, 5.74) is 1.29. The van der Waals surface area contributed by atoms with Gasteiger partial charge in [-0.15, -0.1) is 0 Å². The maximum absolute atomic E-state index is 13.8. The topological polar surface area (TPSA) is 112 Å². The highest BCUT2D eigenvalue weighted by Crippen LogP contribution is 2.43. The molecule has 0 N–H and O–H groups in total. The molecule has 3 aromatic rings. The number of fused-ring (bicyclic) bond motifs is 1. The summed E-state index contributed by atoms with van der Waals surface area (Å²) < 4.78 is 58.7. The second kappa shape index (κ2) is 9.41. The van der Waals surface area contributed by atoms with Crippen LogP contribution in [0.2, 0.25) is 10.0 Å². The standard InChI is InChI=1S/C25H26Cl2N2O6S2/c1-6-29-24(35-37(33,34)20-8-7-16(26)12-19(20)27)18(13-28-29)22(30)17-11-14(2)23-21(15(17)3)25(4,5)9-10-36(23,31)32/h7-8,11-13H,6,9-10H2,1-5H3. The second-order valence-corrected chi connectivity index (χ2v) is 14.0. The normalized spacial score (nSPS) is 16.3. The molecule has 8 nitrogen and oxygen atoms in total. The minimum atomic E-state index is -4.45. The Balaban J connectivity index is 1.86. The van der Waals surface area contributed by atoms with Crippen LogP contribution in [0.25, 0.3) is 0 Å². The van der Waals surface area contributed by atoms with Crippen LogP contribution in [-0.2, 0) is 31.9 Å². The number of rotatable bonds is 6. The molecule has 0 atom stereocenters. The molecule has 198 valence electrons. The summed E-state index contributed by atoms with van der Waals surface area (Å²) in [4.78, 5) is 13.8. The first-order valence-electron chi connectivity index (χ1n) is 11.5. The third-order valence-corrected chi connectivity index (χ3v) is 10.5. The number of halogens is 2. The summed E-state index contributed by atoms with van der Waals surface area (Å²) in [6.45, 7) is 9.22. The van der Waals surface area contributed by atoms with Crippen LogP contribution in [0, 0.1) is 13.8 Å². The van der Waals surface area contributed by atoms with E-state index in [0.717, 1.165) is 0 Å². The molecule has 0 amide bonds. The Kier molecular flexibility index (Phi) is 7.03. The van der Waals surface area contributed by atoms with Gasteiger partial charge in [-0.1, -0.05) is 37.0 Å². The van der Waals surface area contributed by atoms with E-state index in [1.54, 1.807) is 20.8 Å². The maximum Gasteiger partial charge on any atom is 0.342 e. The molecule has 2 aromatic carbocycles. The van der Waals surface area contributed by atoms with Crippen LogP contribution in [0.15, 0.2) is 40.3 Å². The lowest BCUT2D eigenvalue weighted by Crippen LogP contribution is -2.33. The molecule has 1 aliphatic heterocycles. The Hall–Kier alpha value is -2.40. The molecule has 2 heterocycles. The second-order valence-electron chi connectivity index (χ2n) is 9.64. The van der Waals surface area contributed by atoms with Gasteiger partial charge in [0.15, 0.2) is 15.6 Å². The molecule has 0 saturated heterocycles. The van der Waals surface area contributed by atoms with Crippen LogP contribution in [0.3, 0.4) is 0 Å². The zero-order valence-electron chi connectivity index (χ0n) is 20.9. The Bertz CT molecular complexity index is 1660. The van der Waals surface area contributed by atoms with Crippen molar-refractivity contribution in [1.29, 1.82) is 0 Å². The number of hydrogen-bond acceptors (Lipinski definition) is 7.